The molecule has 0 aliphatic rings. The van der Waals surface area contributed by atoms with Crippen LogP contribution in [0.5, 0.6) is 0 Å². The van der Waals surface area contributed by atoms with Crippen molar-refractivity contribution in [2.24, 2.45) is 5.73 Å². The Kier molecular flexibility index (Phi) is 3.77. The van der Waals surface area contributed by atoms with Gasteiger partial charge in [0, 0.05) is 17.8 Å². The zero-order chi connectivity index (χ0) is 20.1. The monoisotopic (exact) mass is 390 g/mol. The first kappa shape index (κ1) is 17.5. The number of nitrogens with one attached hydrogen (secondary N) is 1. The number of halogens is 3. The van der Waals surface area contributed by atoms with Gasteiger partial charge in [-0.2, -0.15) is 13.2 Å². The molecule has 0 bridgehead atoms. The third-order valence-corrected chi connectivity index (χ3v) is 3.87. The summed E-state index contributed by atoms with van der Waals surface area (Å²) in [6, 6.07) is 5.39. The number of carbonyl (C=O) groups excluding carboxylic acids is 1. The molecule has 28 heavy (non-hydrogen) atoms. The van der Waals surface area contributed by atoms with E-state index < -0.39 is 29.1 Å². The van der Waals surface area contributed by atoms with Gasteiger partial charge in [0.05, 0.1) is 11.3 Å². The number of aromatic nitrogens is 5. The summed E-state index contributed by atoms with van der Waals surface area (Å²) in [5.41, 5.74) is 4.49. The summed E-state index contributed by atoms with van der Waals surface area (Å²) in [6.45, 7) is 0. The molecule has 0 aliphatic carbocycles. The molecular formula is C16H9F3N6O3. The molecule has 0 spiro atoms. The molecule has 9 nitrogen and oxygen atoms in total. The molecule has 0 unspecified atom stereocenters. The van der Waals surface area contributed by atoms with Crippen LogP contribution >= 0.6 is 0 Å². The van der Waals surface area contributed by atoms with Crippen LogP contribution in [0.3, 0.4) is 0 Å². The van der Waals surface area contributed by atoms with Crippen LogP contribution < -0.4 is 11.3 Å². The van der Waals surface area contributed by atoms with Gasteiger partial charge in [0.2, 0.25) is 0 Å². The molecule has 12 heteroatoms. The fraction of sp³-hybridized carbons (Fsp3) is 0.0625. The highest BCUT2D eigenvalue weighted by Gasteiger charge is 2.30. The Hall–Kier alpha value is -3.96. The van der Waals surface area contributed by atoms with Gasteiger partial charge < -0.3 is 10.2 Å². The minimum absolute atomic E-state index is 0.0852. The normalized spacial score (nSPS) is 11.8. The molecule has 0 aliphatic heterocycles. The summed E-state index contributed by atoms with van der Waals surface area (Å²) in [5.74, 6) is -1.45. The highest BCUT2D eigenvalue weighted by atomic mass is 19.4. The minimum atomic E-state index is -4.47. The van der Waals surface area contributed by atoms with Crippen molar-refractivity contribution in [1.29, 1.82) is 0 Å². The van der Waals surface area contributed by atoms with E-state index in [0.29, 0.717) is 5.56 Å². The number of hydrogen-bond acceptors (Lipinski definition) is 6. The minimum Gasteiger partial charge on any atom is -0.412 e. The predicted octanol–water partition coefficient (Wildman–Crippen LogP) is 1.86. The maximum absolute atomic E-state index is 12.7. The SMILES string of the molecule is NC(=O)c1nnc(-c2c[nH]n3c(=O)cc(-c4ccc(C(F)(F)F)cc4)nc23)o1. The first-order valence-corrected chi connectivity index (χ1v) is 7.66. The smallest absolute Gasteiger partial charge is 0.412 e. The van der Waals surface area contributed by atoms with Gasteiger partial charge in [-0.1, -0.05) is 12.1 Å². The Balaban J connectivity index is 1.83. The number of alkyl halides is 3. The molecule has 1 amide bonds. The van der Waals surface area contributed by atoms with Crippen molar-refractivity contribution in [3.8, 4) is 22.7 Å². The lowest BCUT2D eigenvalue weighted by Crippen LogP contribution is -2.14. The predicted molar refractivity (Wildman–Crippen MR) is 88.1 cm³/mol. The van der Waals surface area contributed by atoms with E-state index in [1.165, 1.54) is 24.4 Å². The molecule has 0 radical (unpaired) electrons. The molecule has 0 saturated carbocycles. The molecule has 4 rings (SSSR count). The summed E-state index contributed by atoms with van der Waals surface area (Å²) >= 11 is 0. The zero-order valence-corrected chi connectivity index (χ0v) is 13.7. The maximum Gasteiger partial charge on any atom is 0.416 e. The van der Waals surface area contributed by atoms with Crippen molar-refractivity contribution >= 4 is 11.6 Å². The largest absolute Gasteiger partial charge is 0.416 e. The van der Waals surface area contributed by atoms with Crippen LogP contribution in [0.2, 0.25) is 0 Å². The van der Waals surface area contributed by atoms with Gasteiger partial charge in [-0.3, -0.25) is 14.7 Å². The summed E-state index contributed by atoms with van der Waals surface area (Å²) in [4.78, 5) is 27.7. The Morgan fingerprint density at radius 2 is 1.89 bits per heavy atom. The number of nitrogens with zero attached hydrogens (tertiary/aromatic N) is 4. The van der Waals surface area contributed by atoms with Gasteiger partial charge >= 0.3 is 18.0 Å². The zero-order valence-electron chi connectivity index (χ0n) is 13.7. The number of carbonyl (C=O) groups is 1. The second-order valence-electron chi connectivity index (χ2n) is 5.68. The van der Waals surface area contributed by atoms with Crippen LogP contribution in [0.15, 0.2) is 45.7 Å². The Labute approximate surface area is 152 Å². The van der Waals surface area contributed by atoms with Crippen molar-refractivity contribution in [3.63, 3.8) is 0 Å². The molecule has 0 atom stereocenters. The first-order chi connectivity index (χ1) is 13.2. The summed E-state index contributed by atoms with van der Waals surface area (Å²) in [5, 5.41) is 9.82. The van der Waals surface area contributed by atoms with E-state index >= 15 is 0 Å². The number of rotatable bonds is 3. The Bertz CT molecular complexity index is 1250. The Morgan fingerprint density at radius 1 is 1.18 bits per heavy atom. The van der Waals surface area contributed by atoms with Crippen LogP contribution in [-0.4, -0.2) is 30.7 Å². The van der Waals surface area contributed by atoms with Crippen LogP contribution in [0, 0.1) is 0 Å². The molecule has 1 aromatic carbocycles. The third kappa shape index (κ3) is 2.90. The average molecular weight is 390 g/mol. The van der Waals surface area contributed by atoms with Crippen molar-refractivity contribution in [1.82, 2.24) is 24.8 Å². The van der Waals surface area contributed by atoms with Crippen molar-refractivity contribution in [3.05, 3.63) is 58.3 Å². The molecule has 0 saturated heterocycles. The van der Waals surface area contributed by atoms with E-state index in [4.69, 9.17) is 10.2 Å². The molecule has 3 aromatic heterocycles. The fourth-order valence-corrected chi connectivity index (χ4v) is 2.55. The standard InChI is InChI=1S/C16H9F3N6O3/c17-16(18,19)8-3-1-7(2-4-8)10-5-11(26)25-13(22-10)9(6-21-25)14-23-24-15(28-14)12(20)27/h1-6,21H,(H2,20,27). The van der Waals surface area contributed by atoms with E-state index in [1.807, 2.05) is 0 Å². The summed E-state index contributed by atoms with van der Waals surface area (Å²) in [7, 11) is 0. The van der Waals surface area contributed by atoms with Crippen LogP contribution in [0.1, 0.15) is 16.2 Å². The molecule has 4 aromatic rings. The number of amides is 1. The van der Waals surface area contributed by atoms with E-state index in [-0.39, 0.29) is 22.8 Å². The lowest BCUT2D eigenvalue weighted by molar-refractivity contribution is -0.137. The first-order valence-electron chi connectivity index (χ1n) is 7.66. The number of nitrogens with two attached hydrogens (primary N) is 1. The highest BCUT2D eigenvalue weighted by Crippen LogP contribution is 2.31. The second-order valence-corrected chi connectivity index (χ2v) is 5.68. The van der Waals surface area contributed by atoms with Gasteiger partial charge in [0.25, 0.3) is 11.4 Å². The number of primary amides is 1. The van der Waals surface area contributed by atoms with Crippen molar-refractivity contribution in [2.75, 3.05) is 0 Å². The quantitative estimate of drug-likeness (QED) is 0.549. The number of aromatic amines is 1. The lowest BCUT2D eigenvalue weighted by atomic mass is 10.1. The van der Waals surface area contributed by atoms with Gasteiger partial charge in [-0.15, -0.1) is 10.2 Å². The molecular weight excluding hydrogens is 381 g/mol. The van der Waals surface area contributed by atoms with Gasteiger partial charge in [0.1, 0.15) is 5.56 Å². The van der Waals surface area contributed by atoms with Crippen LogP contribution in [0.25, 0.3) is 28.4 Å². The van der Waals surface area contributed by atoms with E-state index in [0.717, 1.165) is 16.6 Å². The number of benzene rings is 1. The van der Waals surface area contributed by atoms with Crippen LogP contribution in [-0.2, 0) is 6.18 Å². The summed E-state index contributed by atoms with van der Waals surface area (Å²) < 4.78 is 44.4. The lowest BCUT2D eigenvalue weighted by Gasteiger charge is -2.07. The van der Waals surface area contributed by atoms with Gasteiger partial charge in [0.15, 0.2) is 5.65 Å². The average Bonchev–Trinajstić information content (AvgIpc) is 3.28. The second kappa shape index (κ2) is 6.04. The highest BCUT2D eigenvalue weighted by molar-refractivity contribution is 5.88. The van der Waals surface area contributed by atoms with E-state index in [9.17, 15) is 22.8 Å². The summed E-state index contributed by atoms with van der Waals surface area (Å²) in [6.07, 6.45) is -3.11. The van der Waals surface area contributed by atoms with Crippen molar-refractivity contribution in [2.45, 2.75) is 6.18 Å². The van der Waals surface area contributed by atoms with Crippen molar-refractivity contribution < 1.29 is 22.4 Å². The fourth-order valence-electron chi connectivity index (χ4n) is 2.55. The molecule has 142 valence electrons. The topological polar surface area (TPSA) is 132 Å². The molecule has 0 fully saturated rings. The van der Waals surface area contributed by atoms with E-state index in [1.54, 1.807) is 0 Å². The number of H-pyrrole nitrogens is 1. The maximum atomic E-state index is 12.7. The number of fused-ring (bicyclic) bond motifs is 1. The van der Waals surface area contributed by atoms with Crippen LogP contribution in [0.4, 0.5) is 13.2 Å². The van der Waals surface area contributed by atoms with E-state index in [2.05, 4.69) is 20.3 Å². The van der Waals surface area contributed by atoms with Gasteiger partial charge in [-0.05, 0) is 12.1 Å². The molecule has 3 N–H and O–H groups in total. The molecule has 3 heterocycles. The number of hydrogen-bond donors (Lipinski definition) is 2. The third-order valence-electron chi connectivity index (χ3n) is 3.87. The van der Waals surface area contributed by atoms with Gasteiger partial charge in [-0.25, -0.2) is 9.50 Å². The Morgan fingerprint density at radius 3 is 2.50 bits per heavy atom.